The normalized spacial score (nSPS) is 9.88. The highest BCUT2D eigenvalue weighted by Gasteiger charge is 2.07. The molecular formula is C11H11Cl2FN2. The van der Waals surface area contributed by atoms with Crippen LogP contribution in [-0.4, -0.2) is 6.54 Å². The molecule has 2 nitrogen and oxygen atoms in total. The molecule has 1 N–H and O–H groups in total. The summed E-state index contributed by atoms with van der Waals surface area (Å²) in [5.74, 6) is -0.454. The van der Waals surface area contributed by atoms with Crippen LogP contribution in [0.4, 0.5) is 10.1 Å². The molecule has 0 bridgehead atoms. The van der Waals surface area contributed by atoms with Crippen LogP contribution in [-0.2, 0) is 0 Å². The number of hydrogen-bond acceptors (Lipinski definition) is 2. The zero-order chi connectivity index (χ0) is 12.0. The zero-order valence-electron chi connectivity index (χ0n) is 8.56. The standard InChI is InChI=1S/C11H11Cl2FN2/c12-9-6-8(14)7-10(13)11(9)16-5-3-1-2-4-15/h6-7,16H,1-3,5H2. The number of halogens is 3. The van der Waals surface area contributed by atoms with Crippen molar-refractivity contribution in [1.29, 1.82) is 5.26 Å². The van der Waals surface area contributed by atoms with E-state index in [1.165, 1.54) is 12.1 Å². The van der Waals surface area contributed by atoms with Crippen molar-refractivity contribution in [2.75, 3.05) is 11.9 Å². The minimum absolute atomic E-state index is 0.269. The third-order valence-electron chi connectivity index (χ3n) is 2.02. The maximum Gasteiger partial charge on any atom is 0.126 e. The third-order valence-corrected chi connectivity index (χ3v) is 2.62. The highest BCUT2D eigenvalue weighted by Crippen LogP contribution is 2.31. The molecule has 86 valence electrons. The molecule has 1 rings (SSSR count). The molecule has 0 aliphatic heterocycles. The SMILES string of the molecule is N#CCCCCNc1c(Cl)cc(F)cc1Cl. The Morgan fingerprint density at radius 3 is 2.44 bits per heavy atom. The lowest BCUT2D eigenvalue weighted by molar-refractivity contribution is 0.628. The minimum atomic E-state index is -0.454. The summed E-state index contributed by atoms with van der Waals surface area (Å²) < 4.78 is 12.9. The largest absolute Gasteiger partial charge is 0.383 e. The van der Waals surface area contributed by atoms with Gasteiger partial charge in [-0.25, -0.2) is 4.39 Å². The smallest absolute Gasteiger partial charge is 0.126 e. The molecule has 16 heavy (non-hydrogen) atoms. The quantitative estimate of drug-likeness (QED) is 0.804. The fourth-order valence-corrected chi connectivity index (χ4v) is 1.85. The fourth-order valence-electron chi connectivity index (χ4n) is 1.25. The number of nitriles is 1. The molecule has 5 heteroatoms. The second kappa shape index (κ2) is 6.57. The summed E-state index contributed by atoms with van der Waals surface area (Å²) in [6, 6.07) is 4.49. The predicted molar refractivity (Wildman–Crippen MR) is 64.4 cm³/mol. The van der Waals surface area contributed by atoms with Crippen LogP contribution >= 0.6 is 23.2 Å². The summed E-state index contributed by atoms with van der Waals surface area (Å²) >= 11 is 11.7. The molecule has 0 unspecified atom stereocenters. The first-order valence-electron chi connectivity index (χ1n) is 4.90. The molecule has 0 fully saturated rings. The Morgan fingerprint density at radius 2 is 1.88 bits per heavy atom. The first-order chi connectivity index (χ1) is 7.65. The van der Waals surface area contributed by atoms with Crippen molar-refractivity contribution in [3.8, 4) is 6.07 Å². The molecule has 0 aliphatic carbocycles. The summed E-state index contributed by atoms with van der Waals surface area (Å²) in [4.78, 5) is 0. The fraction of sp³-hybridized carbons (Fsp3) is 0.364. The van der Waals surface area contributed by atoms with Gasteiger partial charge < -0.3 is 5.32 Å². The van der Waals surface area contributed by atoms with E-state index in [0.717, 1.165) is 12.8 Å². The Hall–Kier alpha value is -0.980. The molecule has 0 heterocycles. The molecule has 0 amide bonds. The van der Waals surface area contributed by atoms with E-state index in [-0.39, 0.29) is 10.0 Å². The lowest BCUT2D eigenvalue weighted by atomic mass is 10.2. The van der Waals surface area contributed by atoms with Gasteiger partial charge in [0.05, 0.1) is 21.8 Å². The van der Waals surface area contributed by atoms with E-state index >= 15 is 0 Å². The van der Waals surface area contributed by atoms with E-state index < -0.39 is 5.82 Å². The zero-order valence-corrected chi connectivity index (χ0v) is 10.1. The van der Waals surface area contributed by atoms with Gasteiger partial charge in [-0.1, -0.05) is 23.2 Å². The van der Waals surface area contributed by atoms with Crippen LogP contribution in [0.2, 0.25) is 10.0 Å². The van der Waals surface area contributed by atoms with E-state index in [0.29, 0.717) is 18.7 Å². The highest BCUT2D eigenvalue weighted by atomic mass is 35.5. The lowest BCUT2D eigenvalue weighted by Gasteiger charge is -2.09. The van der Waals surface area contributed by atoms with Crippen molar-refractivity contribution >= 4 is 28.9 Å². The average Bonchev–Trinajstić information content (AvgIpc) is 2.20. The van der Waals surface area contributed by atoms with E-state index in [4.69, 9.17) is 28.5 Å². The topological polar surface area (TPSA) is 35.8 Å². The predicted octanol–water partition coefficient (Wildman–Crippen LogP) is 4.24. The van der Waals surface area contributed by atoms with Gasteiger partial charge in [-0.3, -0.25) is 0 Å². The van der Waals surface area contributed by atoms with E-state index in [1.807, 2.05) is 0 Å². The van der Waals surface area contributed by atoms with Crippen LogP contribution in [0.5, 0.6) is 0 Å². The lowest BCUT2D eigenvalue weighted by Crippen LogP contribution is -2.02. The van der Waals surface area contributed by atoms with Crippen molar-refractivity contribution in [1.82, 2.24) is 0 Å². The van der Waals surface area contributed by atoms with Gasteiger partial charge in [-0.05, 0) is 25.0 Å². The first kappa shape index (κ1) is 13.1. The Bertz CT molecular complexity index is 378. The summed E-state index contributed by atoms with van der Waals surface area (Å²) in [6.07, 6.45) is 2.20. The average molecular weight is 261 g/mol. The van der Waals surface area contributed by atoms with Gasteiger partial charge in [0.25, 0.3) is 0 Å². The Balaban J connectivity index is 2.51. The second-order valence-electron chi connectivity index (χ2n) is 3.29. The van der Waals surface area contributed by atoms with Crippen LogP contribution in [0, 0.1) is 17.1 Å². The summed E-state index contributed by atoms with van der Waals surface area (Å²) in [7, 11) is 0. The maximum atomic E-state index is 12.9. The minimum Gasteiger partial charge on any atom is -0.383 e. The Kier molecular flexibility index (Phi) is 5.37. The molecule has 0 aromatic heterocycles. The number of hydrogen-bond donors (Lipinski definition) is 1. The molecule has 1 aromatic rings. The monoisotopic (exact) mass is 260 g/mol. The molecule has 0 spiro atoms. The summed E-state index contributed by atoms with van der Waals surface area (Å²) in [5.41, 5.74) is 0.543. The number of nitrogens with zero attached hydrogens (tertiary/aromatic N) is 1. The first-order valence-corrected chi connectivity index (χ1v) is 5.66. The molecule has 0 saturated heterocycles. The van der Waals surface area contributed by atoms with Gasteiger partial charge in [-0.15, -0.1) is 0 Å². The maximum absolute atomic E-state index is 12.9. The summed E-state index contributed by atoms with van der Waals surface area (Å²) in [5, 5.41) is 11.9. The van der Waals surface area contributed by atoms with Crippen molar-refractivity contribution in [3.05, 3.63) is 28.0 Å². The van der Waals surface area contributed by atoms with Gasteiger partial charge in [0.2, 0.25) is 0 Å². The second-order valence-corrected chi connectivity index (χ2v) is 4.10. The number of benzene rings is 1. The van der Waals surface area contributed by atoms with E-state index in [9.17, 15) is 4.39 Å². The molecular weight excluding hydrogens is 250 g/mol. The van der Waals surface area contributed by atoms with Crippen molar-refractivity contribution in [2.45, 2.75) is 19.3 Å². The number of rotatable bonds is 5. The van der Waals surface area contributed by atoms with Crippen LogP contribution in [0.3, 0.4) is 0 Å². The van der Waals surface area contributed by atoms with Crippen LogP contribution in [0.1, 0.15) is 19.3 Å². The van der Waals surface area contributed by atoms with Crippen LogP contribution in [0.15, 0.2) is 12.1 Å². The Labute approximate surface area is 104 Å². The van der Waals surface area contributed by atoms with E-state index in [1.54, 1.807) is 0 Å². The Morgan fingerprint density at radius 1 is 1.25 bits per heavy atom. The van der Waals surface area contributed by atoms with Crippen LogP contribution in [0.25, 0.3) is 0 Å². The number of unbranched alkanes of at least 4 members (excludes halogenated alkanes) is 2. The van der Waals surface area contributed by atoms with Gasteiger partial charge in [0, 0.05) is 13.0 Å². The number of nitrogens with one attached hydrogen (secondary N) is 1. The summed E-state index contributed by atoms with van der Waals surface area (Å²) in [6.45, 7) is 0.659. The van der Waals surface area contributed by atoms with E-state index in [2.05, 4.69) is 11.4 Å². The third kappa shape index (κ3) is 3.88. The molecule has 0 radical (unpaired) electrons. The van der Waals surface area contributed by atoms with Crippen molar-refractivity contribution in [3.63, 3.8) is 0 Å². The highest BCUT2D eigenvalue weighted by molar-refractivity contribution is 6.39. The van der Waals surface area contributed by atoms with Gasteiger partial charge in [0.15, 0.2) is 0 Å². The van der Waals surface area contributed by atoms with Gasteiger partial charge in [-0.2, -0.15) is 5.26 Å². The van der Waals surface area contributed by atoms with Gasteiger partial charge in [0.1, 0.15) is 5.82 Å². The van der Waals surface area contributed by atoms with Gasteiger partial charge >= 0.3 is 0 Å². The molecule has 1 aromatic carbocycles. The molecule has 0 atom stereocenters. The molecule has 0 saturated carbocycles. The number of anilines is 1. The van der Waals surface area contributed by atoms with Crippen LogP contribution < -0.4 is 5.32 Å². The molecule has 0 aliphatic rings. The van der Waals surface area contributed by atoms with Crippen molar-refractivity contribution < 1.29 is 4.39 Å². The van der Waals surface area contributed by atoms with Crippen molar-refractivity contribution in [2.24, 2.45) is 0 Å².